The maximum atomic E-state index is 5.58. The van der Waals surface area contributed by atoms with Crippen molar-refractivity contribution in [1.29, 1.82) is 0 Å². The van der Waals surface area contributed by atoms with Gasteiger partial charge in [-0.05, 0) is 79.1 Å². The van der Waals surface area contributed by atoms with Gasteiger partial charge in [-0.2, -0.15) is 0 Å². The first-order valence-electron chi connectivity index (χ1n) is 10.3. The molecule has 0 saturated carbocycles. The summed E-state index contributed by atoms with van der Waals surface area (Å²) in [5.74, 6) is 0. The Morgan fingerprint density at radius 3 is 2.04 bits per heavy atom. The number of likely N-dealkylation sites (tertiary alicyclic amines) is 1. The maximum Gasteiger partial charge on any atom is 0.0650 e. The summed E-state index contributed by atoms with van der Waals surface area (Å²) in [6.07, 6.45) is 8.16. The van der Waals surface area contributed by atoms with E-state index in [1.54, 1.807) is 0 Å². The fourth-order valence-electron chi connectivity index (χ4n) is 4.20. The Labute approximate surface area is 150 Å². The van der Waals surface area contributed by atoms with Crippen LogP contribution < -0.4 is 0 Å². The number of rotatable bonds is 6. The van der Waals surface area contributed by atoms with E-state index in [0.717, 1.165) is 26.4 Å². The van der Waals surface area contributed by atoms with Crippen LogP contribution in [0, 0.1) is 0 Å². The molecule has 0 amide bonds. The minimum atomic E-state index is 0.468. The molecular formula is C20H42N2O2. The smallest absolute Gasteiger partial charge is 0.0650 e. The number of hydrogen-bond donors (Lipinski definition) is 0. The maximum absolute atomic E-state index is 5.58. The first-order chi connectivity index (χ1) is 11.7. The largest absolute Gasteiger partial charge is 0.380 e. The summed E-state index contributed by atoms with van der Waals surface area (Å²) < 4.78 is 10.9. The van der Waals surface area contributed by atoms with Gasteiger partial charge in [0.1, 0.15) is 0 Å². The highest BCUT2D eigenvalue weighted by Crippen LogP contribution is 2.38. The molecule has 0 aliphatic carbocycles. The van der Waals surface area contributed by atoms with Crippen molar-refractivity contribution in [2.75, 3.05) is 53.1 Å². The lowest BCUT2D eigenvalue weighted by Gasteiger charge is -2.31. The van der Waals surface area contributed by atoms with E-state index in [1.165, 1.54) is 58.2 Å². The van der Waals surface area contributed by atoms with Crippen molar-refractivity contribution in [3.05, 3.63) is 0 Å². The molecular weight excluding hydrogens is 300 g/mol. The SMILES string of the molecule is CC.CCOCC12CCCN1CCC2.CCOCC1CCCN1C. The van der Waals surface area contributed by atoms with E-state index in [-0.39, 0.29) is 0 Å². The molecule has 0 radical (unpaired) electrons. The summed E-state index contributed by atoms with van der Waals surface area (Å²) in [5.41, 5.74) is 0.468. The summed E-state index contributed by atoms with van der Waals surface area (Å²) in [6, 6.07) is 0.694. The molecule has 0 aromatic rings. The highest BCUT2D eigenvalue weighted by molar-refractivity contribution is 4.99. The minimum Gasteiger partial charge on any atom is -0.380 e. The molecule has 144 valence electrons. The molecule has 0 aromatic heterocycles. The molecule has 1 unspecified atom stereocenters. The average Bonchev–Trinajstić information content (AvgIpc) is 3.29. The van der Waals surface area contributed by atoms with Crippen LogP contribution in [-0.4, -0.2) is 74.5 Å². The number of likely N-dealkylation sites (N-methyl/N-ethyl adjacent to an activating group) is 1. The topological polar surface area (TPSA) is 24.9 Å². The summed E-state index contributed by atoms with van der Waals surface area (Å²) in [4.78, 5) is 5.03. The van der Waals surface area contributed by atoms with Crippen molar-refractivity contribution < 1.29 is 9.47 Å². The number of fused-ring (bicyclic) bond motifs is 1. The van der Waals surface area contributed by atoms with E-state index in [0.29, 0.717) is 11.6 Å². The van der Waals surface area contributed by atoms with Crippen LogP contribution in [0.15, 0.2) is 0 Å². The van der Waals surface area contributed by atoms with Gasteiger partial charge < -0.3 is 14.4 Å². The van der Waals surface area contributed by atoms with Gasteiger partial charge in [-0.15, -0.1) is 0 Å². The zero-order valence-corrected chi connectivity index (χ0v) is 17.0. The van der Waals surface area contributed by atoms with Gasteiger partial charge in [-0.3, -0.25) is 4.90 Å². The molecule has 24 heavy (non-hydrogen) atoms. The van der Waals surface area contributed by atoms with E-state index >= 15 is 0 Å². The van der Waals surface area contributed by atoms with Crippen molar-refractivity contribution in [3.63, 3.8) is 0 Å². The third-order valence-electron chi connectivity index (χ3n) is 5.57. The average molecular weight is 343 g/mol. The zero-order chi connectivity index (χ0) is 17.8. The molecule has 0 N–H and O–H groups in total. The van der Waals surface area contributed by atoms with Crippen LogP contribution in [-0.2, 0) is 9.47 Å². The van der Waals surface area contributed by atoms with Gasteiger partial charge in [0.05, 0.1) is 13.2 Å². The van der Waals surface area contributed by atoms with Crippen LogP contribution in [0.4, 0.5) is 0 Å². The molecule has 3 fully saturated rings. The van der Waals surface area contributed by atoms with Crippen LogP contribution in [0.1, 0.15) is 66.2 Å². The fourth-order valence-corrected chi connectivity index (χ4v) is 4.20. The zero-order valence-electron chi connectivity index (χ0n) is 17.0. The molecule has 3 aliphatic rings. The lowest BCUT2D eigenvalue weighted by molar-refractivity contribution is 0.0417. The highest BCUT2D eigenvalue weighted by Gasteiger charge is 2.44. The quantitative estimate of drug-likeness (QED) is 0.733. The Balaban J connectivity index is 0.000000221. The van der Waals surface area contributed by atoms with E-state index < -0.39 is 0 Å². The minimum absolute atomic E-state index is 0.468. The monoisotopic (exact) mass is 342 g/mol. The first kappa shape index (κ1) is 21.9. The van der Waals surface area contributed by atoms with Gasteiger partial charge in [-0.25, -0.2) is 0 Å². The van der Waals surface area contributed by atoms with Crippen molar-refractivity contribution in [1.82, 2.24) is 9.80 Å². The fraction of sp³-hybridized carbons (Fsp3) is 1.00. The summed E-state index contributed by atoms with van der Waals surface area (Å²) in [5, 5.41) is 0. The Bertz CT molecular complexity index is 302. The van der Waals surface area contributed by atoms with Gasteiger partial charge in [0.15, 0.2) is 0 Å². The van der Waals surface area contributed by atoms with E-state index in [4.69, 9.17) is 9.47 Å². The number of nitrogens with zero attached hydrogens (tertiary/aromatic N) is 2. The van der Waals surface area contributed by atoms with Crippen LogP contribution in [0.25, 0.3) is 0 Å². The summed E-state index contributed by atoms with van der Waals surface area (Å²) in [6.45, 7) is 15.6. The molecule has 3 aliphatic heterocycles. The third kappa shape index (κ3) is 6.29. The second-order valence-corrected chi connectivity index (χ2v) is 6.99. The molecule has 3 heterocycles. The Kier molecular flexibility index (Phi) is 11.2. The van der Waals surface area contributed by atoms with Crippen LogP contribution >= 0.6 is 0 Å². The molecule has 0 spiro atoms. The third-order valence-corrected chi connectivity index (χ3v) is 5.57. The number of hydrogen-bond acceptors (Lipinski definition) is 4. The van der Waals surface area contributed by atoms with Crippen molar-refractivity contribution in [2.45, 2.75) is 77.8 Å². The van der Waals surface area contributed by atoms with Gasteiger partial charge in [0.25, 0.3) is 0 Å². The standard InChI is InChI=1S/C10H19NO.C8H17NO.C2H6/c1-2-12-9-10-5-3-7-11(10)8-4-6-10;1-3-10-7-8-5-4-6-9(8)2;1-2/h2-9H2,1H3;8H,3-7H2,1-2H3;1-2H3. The lowest BCUT2D eigenvalue weighted by Crippen LogP contribution is -2.42. The van der Waals surface area contributed by atoms with E-state index in [9.17, 15) is 0 Å². The van der Waals surface area contributed by atoms with E-state index in [2.05, 4.69) is 30.7 Å². The normalized spacial score (nSPS) is 25.6. The predicted octanol–water partition coefficient (Wildman–Crippen LogP) is 3.79. The lowest BCUT2D eigenvalue weighted by atomic mass is 9.95. The molecule has 4 nitrogen and oxygen atoms in total. The Morgan fingerprint density at radius 1 is 0.917 bits per heavy atom. The van der Waals surface area contributed by atoms with Gasteiger partial charge in [0.2, 0.25) is 0 Å². The van der Waals surface area contributed by atoms with Crippen molar-refractivity contribution in [2.24, 2.45) is 0 Å². The van der Waals surface area contributed by atoms with Crippen LogP contribution in [0.2, 0.25) is 0 Å². The second-order valence-electron chi connectivity index (χ2n) is 6.99. The first-order valence-corrected chi connectivity index (χ1v) is 10.3. The number of ether oxygens (including phenoxy) is 2. The van der Waals surface area contributed by atoms with Crippen molar-refractivity contribution >= 4 is 0 Å². The Hall–Kier alpha value is -0.160. The molecule has 0 aromatic carbocycles. The molecule has 3 saturated heterocycles. The summed E-state index contributed by atoms with van der Waals surface area (Å²) >= 11 is 0. The molecule has 3 rings (SSSR count). The van der Waals surface area contributed by atoms with Crippen LogP contribution in [0.3, 0.4) is 0 Å². The molecule has 0 bridgehead atoms. The van der Waals surface area contributed by atoms with Gasteiger partial charge in [-0.1, -0.05) is 13.8 Å². The summed E-state index contributed by atoms with van der Waals surface area (Å²) in [7, 11) is 2.18. The molecule has 1 atom stereocenters. The van der Waals surface area contributed by atoms with Gasteiger partial charge >= 0.3 is 0 Å². The molecule has 4 heteroatoms. The van der Waals surface area contributed by atoms with E-state index in [1.807, 2.05) is 13.8 Å². The second kappa shape index (κ2) is 12.2. The highest BCUT2D eigenvalue weighted by atomic mass is 16.5. The predicted molar refractivity (Wildman–Crippen MR) is 103 cm³/mol. The van der Waals surface area contributed by atoms with Crippen molar-refractivity contribution in [3.8, 4) is 0 Å². The Morgan fingerprint density at radius 2 is 1.54 bits per heavy atom. The van der Waals surface area contributed by atoms with Gasteiger partial charge in [0, 0.05) is 24.8 Å². The van der Waals surface area contributed by atoms with Crippen LogP contribution in [0.5, 0.6) is 0 Å².